The molecule has 2 heterocycles. The number of benzene rings is 1. The van der Waals surface area contributed by atoms with E-state index in [1.165, 1.54) is 0 Å². The van der Waals surface area contributed by atoms with Gasteiger partial charge in [0.2, 0.25) is 5.91 Å². The van der Waals surface area contributed by atoms with Crippen molar-refractivity contribution in [3.63, 3.8) is 0 Å². The van der Waals surface area contributed by atoms with Gasteiger partial charge in [-0.2, -0.15) is 5.26 Å². The molecule has 19 heavy (non-hydrogen) atoms. The Morgan fingerprint density at radius 3 is 2.47 bits per heavy atom. The average molecular weight is 256 g/mol. The first kappa shape index (κ1) is 12.2. The van der Waals surface area contributed by atoms with E-state index in [9.17, 15) is 4.79 Å². The minimum atomic E-state index is 0.157. The summed E-state index contributed by atoms with van der Waals surface area (Å²) < 4.78 is 5.73. The third-order valence-corrected chi connectivity index (χ3v) is 3.83. The predicted molar refractivity (Wildman–Crippen MR) is 69.3 cm³/mol. The zero-order valence-electron chi connectivity index (χ0n) is 10.7. The predicted octanol–water partition coefficient (Wildman–Crippen LogP) is 1.49. The maximum Gasteiger partial charge on any atom is 0.227 e. The Labute approximate surface area is 112 Å². The van der Waals surface area contributed by atoms with Crippen LogP contribution in [0.5, 0.6) is 0 Å². The number of amides is 1. The fraction of sp³-hybridized carbons (Fsp3) is 0.467. The van der Waals surface area contributed by atoms with Crippen LogP contribution < -0.4 is 0 Å². The van der Waals surface area contributed by atoms with Crippen LogP contribution in [-0.2, 0) is 16.0 Å². The molecule has 1 amide bonds. The first-order valence-electron chi connectivity index (χ1n) is 6.67. The number of ether oxygens (including phenoxy) is 1. The number of nitriles is 1. The lowest BCUT2D eigenvalue weighted by molar-refractivity contribution is -0.139. The summed E-state index contributed by atoms with van der Waals surface area (Å²) in [7, 11) is 0. The second-order valence-corrected chi connectivity index (χ2v) is 5.24. The first-order valence-corrected chi connectivity index (χ1v) is 6.67. The molecule has 0 radical (unpaired) electrons. The maximum absolute atomic E-state index is 12.2. The number of morpholine rings is 1. The standard InChI is InChI=1S/C15H16N2O2/c16-8-12-3-1-11(2-4-12)7-15(18)17-9-13-5-6-14(10-17)19-13/h1-4,13-14H,5-7,9-10H2. The molecule has 2 saturated heterocycles. The smallest absolute Gasteiger partial charge is 0.227 e. The van der Waals surface area contributed by atoms with Crippen molar-refractivity contribution in [1.82, 2.24) is 4.90 Å². The van der Waals surface area contributed by atoms with Crippen LogP contribution in [0.2, 0.25) is 0 Å². The third-order valence-electron chi connectivity index (χ3n) is 3.83. The molecule has 2 unspecified atom stereocenters. The molecule has 0 N–H and O–H groups in total. The number of hydrogen-bond acceptors (Lipinski definition) is 3. The molecule has 2 fully saturated rings. The van der Waals surface area contributed by atoms with Gasteiger partial charge in [0, 0.05) is 13.1 Å². The maximum atomic E-state index is 12.2. The molecule has 0 spiro atoms. The number of carbonyl (C=O) groups is 1. The van der Waals surface area contributed by atoms with E-state index in [0.29, 0.717) is 12.0 Å². The van der Waals surface area contributed by atoms with Gasteiger partial charge < -0.3 is 9.64 Å². The summed E-state index contributed by atoms with van der Waals surface area (Å²) in [5.74, 6) is 0.157. The van der Waals surface area contributed by atoms with Gasteiger partial charge in [0.25, 0.3) is 0 Å². The van der Waals surface area contributed by atoms with E-state index in [-0.39, 0.29) is 18.1 Å². The molecule has 0 aromatic heterocycles. The van der Waals surface area contributed by atoms with Crippen molar-refractivity contribution < 1.29 is 9.53 Å². The highest BCUT2D eigenvalue weighted by atomic mass is 16.5. The van der Waals surface area contributed by atoms with Crippen molar-refractivity contribution >= 4 is 5.91 Å². The highest BCUT2D eigenvalue weighted by Crippen LogP contribution is 2.26. The highest BCUT2D eigenvalue weighted by Gasteiger charge is 2.35. The van der Waals surface area contributed by atoms with E-state index in [1.807, 2.05) is 17.0 Å². The molecule has 1 aromatic rings. The zero-order valence-corrected chi connectivity index (χ0v) is 10.7. The molecule has 2 aliphatic heterocycles. The van der Waals surface area contributed by atoms with Gasteiger partial charge in [-0.15, -0.1) is 0 Å². The summed E-state index contributed by atoms with van der Waals surface area (Å²) in [6.45, 7) is 1.46. The average Bonchev–Trinajstić information content (AvgIpc) is 2.78. The summed E-state index contributed by atoms with van der Waals surface area (Å²) in [5.41, 5.74) is 1.59. The Bertz CT molecular complexity index is 506. The van der Waals surface area contributed by atoms with Gasteiger partial charge in [0.1, 0.15) is 0 Å². The monoisotopic (exact) mass is 256 g/mol. The highest BCUT2D eigenvalue weighted by molar-refractivity contribution is 5.79. The van der Waals surface area contributed by atoms with Crippen LogP contribution in [0.25, 0.3) is 0 Å². The molecule has 2 bridgehead atoms. The normalized spacial score (nSPS) is 25.1. The molecule has 2 atom stereocenters. The zero-order chi connectivity index (χ0) is 13.2. The minimum absolute atomic E-state index is 0.157. The summed E-state index contributed by atoms with van der Waals surface area (Å²) in [5, 5.41) is 8.74. The van der Waals surface area contributed by atoms with Crippen LogP contribution >= 0.6 is 0 Å². The molecule has 4 heteroatoms. The van der Waals surface area contributed by atoms with Crippen LogP contribution in [0.4, 0.5) is 0 Å². The minimum Gasteiger partial charge on any atom is -0.371 e. The van der Waals surface area contributed by atoms with Crippen LogP contribution in [0.1, 0.15) is 24.0 Å². The van der Waals surface area contributed by atoms with Crippen molar-refractivity contribution in [2.45, 2.75) is 31.5 Å². The molecule has 4 nitrogen and oxygen atoms in total. The van der Waals surface area contributed by atoms with Crippen LogP contribution in [0, 0.1) is 11.3 Å². The number of carbonyl (C=O) groups excluding carboxylic acids is 1. The molecule has 98 valence electrons. The van der Waals surface area contributed by atoms with Crippen LogP contribution in [-0.4, -0.2) is 36.1 Å². The Kier molecular flexibility index (Phi) is 3.22. The van der Waals surface area contributed by atoms with E-state index >= 15 is 0 Å². The Morgan fingerprint density at radius 2 is 1.89 bits per heavy atom. The van der Waals surface area contributed by atoms with Gasteiger partial charge in [0.05, 0.1) is 30.3 Å². The number of fused-ring (bicyclic) bond motifs is 2. The van der Waals surface area contributed by atoms with Gasteiger partial charge in [-0.05, 0) is 30.5 Å². The van der Waals surface area contributed by atoms with E-state index in [2.05, 4.69) is 6.07 Å². The molecular formula is C15H16N2O2. The first-order chi connectivity index (χ1) is 9.24. The lowest BCUT2D eigenvalue weighted by atomic mass is 10.1. The number of hydrogen-bond donors (Lipinski definition) is 0. The van der Waals surface area contributed by atoms with Crippen molar-refractivity contribution in [1.29, 1.82) is 5.26 Å². The summed E-state index contributed by atoms with van der Waals surface area (Å²) in [6, 6.07) is 9.30. The lowest BCUT2D eigenvalue weighted by Gasteiger charge is -2.32. The summed E-state index contributed by atoms with van der Waals surface area (Å²) in [6.07, 6.45) is 3.04. The molecule has 0 aliphatic carbocycles. The van der Waals surface area contributed by atoms with E-state index in [1.54, 1.807) is 12.1 Å². The Morgan fingerprint density at radius 1 is 1.26 bits per heavy atom. The van der Waals surface area contributed by atoms with Crippen molar-refractivity contribution in [3.8, 4) is 6.07 Å². The van der Waals surface area contributed by atoms with Gasteiger partial charge >= 0.3 is 0 Å². The van der Waals surface area contributed by atoms with Crippen molar-refractivity contribution in [2.24, 2.45) is 0 Å². The summed E-state index contributed by atoms with van der Waals surface area (Å²) in [4.78, 5) is 14.2. The number of nitrogens with zero attached hydrogens (tertiary/aromatic N) is 2. The quantitative estimate of drug-likeness (QED) is 0.805. The van der Waals surface area contributed by atoms with Gasteiger partial charge in [-0.25, -0.2) is 0 Å². The second kappa shape index (κ2) is 5.02. The largest absolute Gasteiger partial charge is 0.371 e. The fourth-order valence-electron chi connectivity index (χ4n) is 2.80. The molecule has 2 aliphatic rings. The second-order valence-electron chi connectivity index (χ2n) is 5.24. The molecular weight excluding hydrogens is 240 g/mol. The van der Waals surface area contributed by atoms with E-state index in [4.69, 9.17) is 10.00 Å². The van der Waals surface area contributed by atoms with Crippen molar-refractivity contribution in [2.75, 3.05) is 13.1 Å². The lowest BCUT2D eigenvalue weighted by Crippen LogP contribution is -2.46. The summed E-state index contributed by atoms with van der Waals surface area (Å²) >= 11 is 0. The topological polar surface area (TPSA) is 53.3 Å². The van der Waals surface area contributed by atoms with Crippen LogP contribution in [0.3, 0.4) is 0 Å². The number of likely N-dealkylation sites (tertiary alicyclic amines) is 1. The van der Waals surface area contributed by atoms with Gasteiger partial charge in [0.15, 0.2) is 0 Å². The number of rotatable bonds is 2. The Balaban J connectivity index is 1.63. The third kappa shape index (κ3) is 2.61. The molecule has 1 aromatic carbocycles. The van der Waals surface area contributed by atoms with E-state index < -0.39 is 0 Å². The van der Waals surface area contributed by atoms with Crippen molar-refractivity contribution in [3.05, 3.63) is 35.4 Å². The SMILES string of the molecule is N#Cc1ccc(CC(=O)N2CC3CCC(C2)O3)cc1. The van der Waals surface area contributed by atoms with Crippen LogP contribution in [0.15, 0.2) is 24.3 Å². The Hall–Kier alpha value is -1.86. The van der Waals surface area contributed by atoms with E-state index in [0.717, 1.165) is 31.5 Å². The molecule has 3 rings (SSSR count). The fourth-order valence-corrected chi connectivity index (χ4v) is 2.80. The molecule has 0 saturated carbocycles. The van der Waals surface area contributed by atoms with Gasteiger partial charge in [-0.3, -0.25) is 4.79 Å². The van der Waals surface area contributed by atoms with Gasteiger partial charge in [-0.1, -0.05) is 12.1 Å².